The molecule has 0 radical (unpaired) electrons. The topological polar surface area (TPSA) is 60.2 Å². The summed E-state index contributed by atoms with van der Waals surface area (Å²) >= 11 is 0. The highest BCUT2D eigenvalue weighted by Gasteiger charge is 2.31. The molecule has 1 aliphatic carbocycles. The standard InChI is InChI=1S/C14H25N3O2/c1-4-19-13-6-11(7-13)5-12(18)8-14-15-9-16-17(14)10(2)3/h9-13,18H,4-8H2,1-3H3. The van der Waals surface area contributed by atoms with E-state index in [4.69, 9.17) is 4.74 Å². The van der Waals surface area contributed by atoms with Gasteiger partial charge >= 0.3 is 0 Å². The van der Waals surface area contributed by atoms with Gasteiger partial charge < -0.3 is 9.84 Å². The Morgan fingerprint density at radius 1 is 1.47 bits per heavy atom. The average Bonchev–Trinajstić information content (AvgIpc) is 2.74. The van der Waals surface area contributed by atoms with Crippen LogP contribution >= 0.6 is 0 Å². The van der Waals surface area contributed by atoms with Crippen molar-refractivity contribution in [2.75, 3.05) is 6.61 Å². The van der Waals surface area contributed by atoms with Crippen LogP contribution in [0.5, 0.6) is 0 Å². The summed E-state index contributed by atoms with van der Waals surface area (Å²) in [6.07, 6.45) is 5.26. The van der Waals surface area contributed by atoms with Gasteiger partial charge in [-0.3, -0.25) is 0 Å². The van der Waals surface area contributed by atoms with Gasteiger partial charge in [-0.25, -0.2) is 9.67 Å². The Morgan fingerprint density at radius 3 is 2.84 bits per heavy atom. The van der Waals surface area contributed by atoms with Crippen LogP contribution in [0, 0.1) is 5.92 Å². The third kappa shape index (κ3) is 3.76. The summed E-state index contributed by atoms with van der Waals surface area (Å²) in [5.74, 6) is 1.48. The summed E-state index contributed by atoms with van der Waals surface area (Å²) in [5, 5.41) is 14.3. The van der Waals surface area contributed by atoms with Gasteiger partial charge in [0.1, 0.15) is 12.2 Å². The van der Waals surface area contributed by atoms with Gasteiger partial charge in [0.25, 0.3) is 0 Å². The minimum atomic E-state index is -0.325. The van der Waals surface area contributed by atoms with E-state index in [-0.39, 0.29) is 12.1 Å². The van der Waals surface area contributed by atoms with E-state index in [0.717, 1.165) is 31.7 Å². The van der Waals surface area contributed by atoms with Crippen LogP contribution in [0.4, 0.5) is 0 Å². The minimum absolute atomic E-state index is 0.288. The fourth-order valence-electron chi connectivity index (χ4n) is 2.77. The monoisotopic (exact) mass is 267 g/mol. The lowest BCUT2D eigenvalue weighted by atomic mass is 9.78. The first-order chi connectivity index (χ1) is 9.10. The molecule has 0 spiro atoms. The van der Waals surface area contributed by atoms with Crippen LogP contribution in [0.2, 0.25) is 0 Å². The first-order valence-electron chi connectivity index (χ1n) is 7.28. The second kappa shape index (κ2) is 6.48. The molecule has 2 rings (SSSR count). The van der Waals surface area contributed by atoms with E-state index in [9.17, 15) is 5.11 Å². The molecule has 0 saturated heterocycles. The van der Waals surface area contributed by atoms with Crippen molar-refractivity contribution in [3.63, 3.8) is 0 Å². The highest BCUT2D eigenvalue weighted by molar-refractivity contribution is 4.91. The summed E-state index contributed by atoms with van der Waals surface area (Å²) in [6, 6.07) is 0.288. The van der Waals surface area contributed by atoms with E-state index in [1.807, 2.05) is 11.6 Å². The highest BCUT2D eigenvalue weighted by Crippen LogP contribution is 2.34. The zero-order valence-corrected chi connectivity index (χ0v) is 12.1. The molecule has 1 saturated carbocycles. The maximum Gasteiger partial charge on any atom is 0.138 e. The molecule has 1 heterocycles. The molecule has 5 heteroatoms. The third-order valence-electron chi connectivity index (χ3n) is 3.75. The molecule has 0 amide bonds. The van der Waals surface area contributed by atoms with Gasteiger partial charge in [0.05, 0.1) is 12.2 Å². The second-order valence-corrected chi connectivity index (χ2v) is 5.72. The Bertz CT molecular complexity index is 386. The van der Waals surface area contributed by atoms with Crippen LogP contribution in [0.15, 0.2) is 6.33 Å². The molecule has 0 aromatic carbocycles. The van der Waals surface area contributed by atoms with Gasteiger partial charge in [0, 0.05) is 19.1 Å². The summed E-state index contributed by atoms with van der Waals surface area (Å²) in [4.78, 5) is 4.24. The summed E-state index contributed by atoms with van der Waals surface area (Å²) in [5.41, 5.74) is 0. The molecule has 1 atom stereocenters. The molecule has 108 valence electrons. The van der Waals surface area contributed by atoms with Gasteiger partial charge in [-0.1, -0.05) is 0 Å². The fourth-order valence-corrected chi connectivity index (χ4v) is 2.77. The number of hydrogen-bond acceptors (Lipinski definition) is 4. The van der Waals surface area contributed by atoms with E-state index in [1.54, 1.807) is 6.33 Å². The van der Waals surface area contributed by atoms with Crippen LogP contribution in [0.1, 0.15) is 51.9 Å². The number of hydrogen-bond donors (Lipinski definition) is 1. The number of rotatable bonds is 7. The van der Waals surface area contributed by atoms with Gasteiger partial charge in [0.15, 0.2) is 0 Å². The minimum Gasteiger partial charge on any atom is -0.393 e. The van der Waals surface area contributed by atoms with Gasteiger partial charge in [-0.2, -0.15) is 5.10 Å². The van der Waals surface area contributed by atoms with Crippen LogP contribution in [-0.2, 0) is 11.2 Å². The molecule has 0 aliphatic heterocycles. The lowest BCUT2D eigenvalue weighted by Gasteiger charge is -2.36. The van der Waals surface area contributed by atoms with E-state index in [0.29, 0.717) is 18.4 Å². The van der Waals surface area contributed by atoms with Crippen LogP contribution in [0.3, 0.4) is 0 Å². The Morgan fingerprint density at radius 2 is 2.21 bits per heavy atom. The lowest BCUT2D eigenvalue weighted by Crippen LogP contribution is -2.34. The molecule has 1 N–H and O–H groups in total. The third-order valence-corrected chi connectivity index (χ3v) is 3.75. The largest absolute Gasteiger partial charge is 0.393 e. The molecule has 1 aliphatic rings. The fraction of sp³-hybridized carbons (Fsp3) is 0.857. The average molecular weight is 267 g/mol. The van der Waals surface area contributed by atoms with Gasteiger partial charge in [-0.05, 0) is 46.0 Å². The van der Waals surface area contributed by atoms with Crippen LogP contribution in [-0.4, -0.2) is 38.7 Å². The van der Waals surface area contributed by atoms with Crippen molar-refractivity contribution in [2.45, 2.75) is 64.7 Å². The van der Waals surface area contributed by atoms with Gasteiger partial charge in [-0.15, -0.1) is 0 Å². The first-order valence-corrected chi connectivity index (χ1v) is 7.28. The summed E-state index contributed by atoms with van der Waals surface area (Å²) in [7, 11) is 0. The van der Waals surface area contributed by atoms with Crippen molar-refractivity contribution >= 4 is 0 Å². The Labute approximate surface area is 115 Å². The molecule has 1 aromatic heterocycles. The van der Waals surface area contributed by atoms with Crippen molar-refractivity contribution in [3.8, 4) is 0 Å². The first kappa shape index (κ1) is 14.5. The Kier molecular flexibility index (Phi) is 4.93. The molecular weight excluding hydrogens is 242 g/mol. The zero-order valence-electron chi connectivity index (χ0n) is 12.1. The summed E-state index contributed by atoms with van der Waals surface area (Å²) < 4.78 is 7.42. The highest BCUT2D eigenvalue weighted by atomic mass is 16.5. The number of aromatic nitrogens is 3. The molecule has 5 nitrogen and oxygen atoms in total. The Hall–Kier alpha value is -0.940. The van der Waals surface area contributed by atoms with E-state index >= 15 is 0 Å². The normalized spacial score (nSPS) is 24.5. The molecule has 0 bridgehead atoms. The SMILES string of the molecule is CCOC1CC(CC(O)Cc2ncnn2C(C)C)C1. The molecule has 1 unspecified atom stereocenters. The van der Waals surface area contributed by atoms with Crippen molar-refractivity contribution in [3.05, 3.63) is 12.2 Å². The van der Waals surface area contributed by atoms with Crippen LogP contribution < -0.4 is 0 Å². The summed E-state index contributed by atoms with van der Waals surface area (Å²) in [6.45, 7) is 6.96. The van der Waals surface area contributed by atoms with Crippen molar-refractivity contribution in [1.29, 1.82) is 0 Å². The van der Waals surface area contributed by atoms with Gasteiger partial charge in [0.2, 0.25) is 0 Å². The number of aliphatic hydroxyl groups excluding tert-OH is 1. The predicted octanol–water partition coefficient (Wildman–Crippen LogP) is 1.97. The molecule has 19 heavy (non-hydrogen) atoms. The maximum atomic E-state index is 10.2. The van der Waals surface area contributed by atoms with E-state index in [2.05, 4.69) is 23.9 Å². The zero-order chi connectivity index (χ0) is 13.8. The smallest absolute Gasteiger partial charge is 0.138 e. The number of aliphatic hydroxyl groups is 1. The molecule has 1 aromatic rings. The van der Waals surface area contributed by atoms with Crippen molar-refractivity contribution < 1.29 is 9.84 Å². The predicted molar refractivity (Wildman–Crippen MR) is 72.9 cm³/mol. The quantitative estimate of drug-likeness (QED) is 0.820. The maximum absolute atomic E-state index is 10.2. The molecular formula is C14H25N3O2. The lowest BCUT2D eigenvalue weighted by molar-refractivity contribution is -0.0377. The van der Waals surface area contributed by atoms with Crippen molar-refractivity contribution in [1.82, 2.24) is 14.8 Å². The number of nitrogens with zero attached hydrogens (tertiary/aromatic N) is 3. The Balaban J connectivity index is 1.76. The molecule has 1 fully saturated rings. The van der Waals surface area contributed by atoms with Crippen molar-refractivity contribution in [2.24, 2.45) is 5.92 Å². The van der Waals surface area contributed by atoms with E-state index < -0.39 is 0 Å². The number of ether oxygens (including phenoxy) is 1. The second-order valence-electron chi connectivity index (χ2n) is 5.72. The van der Waals surface area contributed by atoms with Crippen LogP contribution in [0.25, 0.3) is 0 Å². The van der Waals surface area contributed by atoms with E-state index in [1.165, 1.54) is 0 Å².